The van der Waals surface area contributed by atoms with Gasteiger partial charge >= 0.3 is 5.97 Å². The van der Waals surface area contributed by atoms with Crippen LogP contribution in [-0.2, 0) is 9.53 Å². The average molecular weight is 202 g/mol. The second-order valence-electron chi connectivity index (χ2n) is 3.28. The molecule has 0 amide bonds. The van der Waals surface area contributed by atoms with Gasteiger partial charge in [-0.1, -0.05) is 13.8 Å². The molecule has 0 radical (unpaired) electrons. The first-order valence-electron chi connectivity index (χ1n) is 5.20. The quantitative estimate of drug-likeness (QED) is 0.614. The Hall–Kier alpha value is -0.610. The maximum absolute atomic E-state index is 11.1. The van der Waals surface area contributed by atoms with Crippen molar-refractivity contribution in [3.63, 3.8) is 0 Å². The maximum atomic E-state index is 11.1. The van der Waals surface area contributed by atoms with E-state index in [1.165, 1.54) is 7.11 Å². The predicted octanol–water partition coefficient (Wildman–Crippen LogP) is 0.609. The van der Waals surface area contributed by atoms with E-state index >= 15 is 0 Å². The first-order chi connectivity index (χ1) is 6.69. The molecule has 1 atom stereocenters. The summed E-state index contributed by atoms with van der Waals surface area (Å²) in [5.74, 6) is -0.178. The molecule has 0 aliphatic rings. The monoisotopic (exact) mass is 202 g/mol. The number of methoxy groups -OCH3 is 1. The van der Waals surface area contributed by atoms with Crippen LogP contribution < -0.4 is 5.73 Å². The summed E-state index contributed by atoms with van der Waals surface area (Å²) in [7, 11) is 1.42. The van der Waals surface area contributed by atoms with Crippen LogP contribution >= 0.6 is 0 Å². The van der Waals surface area contributed by atoms with Crippen molar-refractivity contribution in [1.82, 2.24) is 4.90 Å². The summed E-state index contributed by atoms with van der Waals surface area (Å²) in [6, 6.07) is 0.393. The summed E-state index contributed by atoms with van der Waals surface area (Å²) in [6.07, 6.45) is 1.95. The van der Waals surface area contributed by atoms with Gasteiger partial charge in [-0.05, 0) is 25.9 Å². The molecule has 0 saturated heterocycles. The largest absolute Gasteiger partial charge is 0.468 e. The molecular weight excluding hydrogens is 180 g/mol. The number of hydrogen-bond acceptors (Lipinski definition) is 4. The third kappa shape index (κ3) is 4.58. The van der Waals surface area contributed by atoms with Crippen LogP contribution in [0.25, 0.3) is 0 Å². The van der Waals surface area contributed by atoms with E-state index in [-0.39, 0.29) is 5.97 Å². The fourth-order valence-electron chi connectivity index (χ4n) is 1.57. The smallest absolute Gasteiger partial charge is 0.319 e. The van der Waals surface area contributed by atoms with Gasteiger partial charge in [0.2, 0.25) is 0 Å². The number of likely N-dealkylation sites (N-methyl/N-ethyl adjacent to an activating group) is 1. The van der Waals surface area contributed by atoms with Crippen molar-refractivity contribution in [2.45, 2.75) is 32.7 Å². The highest BCUT2D eigenvalue weighted by atomic mass is 16.5. The number of ether oxygens (including phenoxy) is 1. The molecule has 0 aromatic heterocycles. The summed E-state index contributed by atoms with van der Waals surface area (Å²) in [5.41, 5.74) is 5.52. The Labute approximate surface area is 86.4 Å². The Balaban J connectivity index is 4.13. The van der Waals surface area contributed by atoms with E-state index in [1.807, 2.05) is 6.92 Å². The van der Waals surface area contributed by atoms with Crippen LogP contribution in [0, 0.1) is 0 Å². The molecule has 1 unspecified atom stereocenters. The van der Waals surface area contributed by atoms with Gasteiger partial charge in [0.15, 0.2) is 0 Å². The number of nitrogens with two attached hydrogens (primary N) is 1. The molecule has 84 valence electrons. The van der Waals surface area contributed by atoms with Gasteiger partial charge in [0.1, 0.15) is 0 Å². The second-order valence-corrected chi connectivity index (χ2v) is 3.28. The van der Waals surface area contributed by atoms with Gasteiger partial charge in [-0.2, -0.15) is 0 Å². The Morgan fingerprint density at radius 2 is 2.14 bits per heavy atom. The topological polar surface area (TPSA) is 55.6 Å². The average Bonchev–Trinajstić information content (AvgIpc) is 2.22. The molecule has 4 nitrogen and oxygen atoms in total. The minimum Gasteiger partial charge on any atom is -0.468 e. The zero-order valence-corrected chi connectivity index (χ0v) is 9.45. The fraction of sp³-hybridized carbons (Fsp3) is 0.900. The van der Waals surface area contributed by atoms with Crippen LogP contribution in [0.5, 0.6) is 0 Å². The molecule has 0 bridgehead atoms. The van der Waals surface area contributed by atoms with Crippen LogP contribution in [0.3, 0.4) is 0 Å². The molecule has 14 heavy (non-hydrogen) atoms. The van der Waals surface area contributed by atoms with E-state index in [0.29, 0.717) is 19.1 Å². The van der Waals surface area contributed by atoms with Crippen molar-refractivity contribution in [3.05, 3.63) is 0 Å². The second kappa shape index (κ2) is 7.76. The van der Waals surface area contributed by atoms with Gasteiger partial charge in [0.05, 0.1) is 13.7 Å². The van der Waals surface area contributed by atoms with Gasteiger partial charge in [0.25, 0.3) is 0 Å². The van der Waals surface area contributed by atoms with Crippen molar-refractivity contribution in [2.24, 2.45) is 5.73 Å². The Morgan fingerprint density at radius 1 is 1.50 bits per heavy atom. The van der Waals surface area contributed by atoms with Crippen LogP contribution in [0.4, 0.5) is 0 Å². The lowest BCUT2D eigenvalue weighted by molar-refractivity contribution is -0.142. The van der Waals surface area contributed by atoms with Crippen LogP contribution in [-0.4, -0.2) is 43.7 Å². The lowest BCUT2D eigenvalue weighted by Crippen LogP contribution is -2.40. The van der Waals surface area contributed by atoms with Crippen molar-refractivity contribution in [2.75, 3.05) is 26.7 Å². The number of carbonyl (C=O) groups excluding carboxylic acids is 1. The minimum absolute atomic E-state index is 0.178. The Morgan fingerprint density at radius 3 is 2.50 bits per heavy atom. The first kappa shape index (κ1) is 13.4. The Kier molecular flexibility index (Phi) is 7.42. The molecule has 0 saturated carbocycles. The number of esters is 1. The molecule has 0 aliphatic heterocycles. The molecule has 0 aromatic rings. The summed E-state index contributed by atoms with van der Waals surface area (Å²) >= 11 is 0. The molecule has 2 N–H and O–H groups in total. The number of rotatable bonds is 7. The van der Waals surface area contributed by atoms with Crippen molar-refractivity contribution >= 4 is 5.97 Å². The standard InChI is InChI=1S/C10H22N2O2/c1-4-9(6-7-11)12(5-2)8-10(13)14-3/h9H,4-8,11H2,1-3H3. The number of nitrogens with zero attached hydrogens (tertiary/aromatic N) is 1. The van der Waals surface area contributed by atoms with Crippen molar-refractivity contribution in [1.29, 1.82) is 0 Å². The Bertz CT molecular complexity index is 162. The van der Waals surface area contributed by atoms with Gasteiger partial charge < -0.3 is 10.5 Å². The summed E-state index contributed by atoms with van der Waals surface area (Å²) < 4.78 is 4.64. The van der Waals surface area contributed by atoms with E-state index in [2.05, 4.69) is 16.6 Å². The number of carbonyl (C=O) groups is 1. The lowest BCUT2D eigenvalue weighted by atomic mass is 10.1. The van der Waals surface area contributed by atoms with E-state index in [0.717, 1.165) is 19.4 Å². The van der Waals surface area contributed by atoms with Crippen LogP contribution in [0.1, 0.15) is 26.7 Å². The number of hydrogen-bond donors (Lipinski definition) is 1. The zero-order valence-electron chi connectivity index (χ0n) is 9.45. The molecule has 0 heterocycles. The van der Waals surface area contributed by atoms with Crippen LogP contribution in [0.2, 0.25) is 0 Å². The fourth-order valence-corrected chi connectivity index (χ4v) is 1.57. The van der Waals surface area contributed by atoms with E-state index in [1.54, 1.807) is 0 Å². The predicted molar refractivity (Wildman–Crippen MR) is 57.0 cm³/mol. The van der Waals surface area contributed by atoms with Gasteiger partial charge in [-0.15, -0.1) is 0 Å². The van der Waals surface area contributed by atoms with E-state index < -0.39 is 0 Å². The molecule has 4 heteroatoms. The third-order valence-electron chi connectivity index (χ3n) is 2.45. The molecule has 0 aliphatic carbocycles. The van der Waals surface area contributed by atoms with Gasteiger partial charge in [0, 0.05) is 6.04 Å². The lowest BCUT2D eigenvalue weighted by Gasteiger charge is -2.28. The van der Waals surface area contributed by atoms with Gasteiger partial charge in [-0.25, -0.2) is 0 Å². The normalized spacial score (nSPS) is 12.9. The summed E-state index contributed by atoms with van der Waals surface area (Å²) in [6.45, 7) is 6.04. The summed E-state index contributed by atoms with van der Waals surface area (Å²) in [5, 5.41) is 0. The van der Waals surface area contributed by atoms with Crippen molar-refractivity contribution in [3.8, 4) is 0 Å². The summed E-state index contributed by atoms with van der Waals surface area (Å²) in [4.78, 5) is 13.2. The van der Waals surface area contributed by atoms with Crippen molar-refractivity contribution < 1.29 is 9.53 Å². The van der Waals surface area contributed by atoms with Crippen LogP contribution in [0.15, 0.2) is 0 Å². The van der Waals surface area contributed by atoms with Gasteiger partial charge in [-0.3, -0.25) is 9.69 Å². The minimum atomic E-state index is -0.178. The first-order valence-corrected chi connectivity index (χ1v) is 5.20. The maximum Gasteiger partial charge on any atom is 0.319 e. The molecular formula is C10H22N2O2. The molecule has 0 rings (SSSR count). The zero-order chi connectivity index (χ0) is 11.0. The molecule has 0 spiro atoms. The molecule has 0 aromatic carbocycles. The highest BCUT2D eigenvalue weighted by Crippen LogP contribution is 2.07. The van der Waals surface area contributed by atoms with E-state index in [9.17, 15) is 4.79 Å². The molecule has 0 fully saturated rings. The van der Waals surface area contributed by atoms with E-state index in [4.69, 9.17) is 5.73 Å². The third-order valence-corrected chi connectivity index (χ3v) is 2.45. The highest BCUT2D eigenvalue weighted by Gasteiger charge is 2.17. The SMILES string of the molecule is CCC(CCN)N(CC)CC(=O)OC. The highest BCUT2D eigenvalue weighted by molar-refractivity contribution is 5.71.